The molecule has 0 saturated carbocycles. The molecule has 0 bridgehead atoms. The Morgan fingerprint density at radius 3 is 2.60 bits per heavy atom. The number of piperidine rings is 1. The molecular weight excluding hydrogens is 250 g/mol. The van der Waals surface area contributed by atoms with Crippen LogP contribution in [-0.2, 0) is 6.54 Å². The number of benzene rings is 1. The number of halogens is 1. The second-order valence-corrected chi connectivity index (χ2v) is 5.27. The molecule has 82 valence electrons. The summed E-state index contributed by atoms with van der Waals surface area (Å²) in [5.41, 5.74) is 2.78. The summed E-state index contributed by atoms with van der Waals surface area (Å²) >= 11 is 3.54. The molecule has 0 atom stereocenters. The van der Waals surface area contributed by atoms with Crippen molar-refractivity contribution in [2.75, 3.05) is 13.1 Å². The maximum absolute atomic E-state index is 3.54. The molecule has 1 aliphatic rings. The van der Waals surface area contributed by atoms with Gasteiger partial charge in [0.15, 0.2) is 0 Å². The van der Waals surface area contributed by atoms with Crippen LogP contribution in [0, 0.1) is 6.92 Å². The molecule has 2 rings (SSSR count). The topological polar surface area (TPSA) is 3.24 Å². The summed E-state index contributed by atoms with van der Waals surface area (Å²) in [5.74, 6) is 0. The Morgan fingerprint density at radius 1 is 1.20 bits per heavy atom. The molecule has 0 aliphatic carbocycles. The molecular formula is C13H18BrN. The van der Waals surface area contributed by atoms with Crippen LogP contribution in [0.3, 0.4) is 0 Å². The van der Waals surface area contributed by atoms with Gasteiger partial charge in [0.2, 0.25) is 0 Å². The van der Waals surface area contributed by atoms with Crippen molar-refractivity contribution >= 4 is 15.9 Å². The van der Waals surface area contributed by atoms with E-state index >= 15 is 0 Å². The van der Waals surface area contributed by atoms with Crippen LogP contribution in [0.2, 0.25) is 0 Å². The third-order valence-corrected chi connectivity index (χ3v) is 3.97. The Kier molecular flexibility index (Phi) is 3.81. The van der Waals surface area contributed by atoms with E-state index in [9.17, 15) is 0 Å². The average Bonchev–Trinajstić information content (AvgIpc) is 2.25. The standard InChI is InChI=1S/C13H18BrN/c1-11-9-12(5-6-13(11)14)10-15-7-3-2-4-8-15/h5-6,9H,2-4,7-8,10H2,1H3. The molecule has 0 unspecified atom stereocenters. The lowest BCUT2D eigenvalue weighted by Gasteiger charge is -2.26. The van der Waals surface area contributed by atoms with Crippen molar-refractivity contribution in [1.29, 1.82) is 0 Å². The quantitative estimate of drug-likeness (QED) is 0.789. The lowest BCUT2D eigenvalue weighted by Crippen LogP contribution is -2.29. The van der Waals surface area contributed by atoms with Crippen molar-refractivity contribution < 1.29 is 0 Å². The fourth-order valence-electron chi connectivity index (χ4n) is 2.18. The number of likely N-dealkylation sites (tertiary alicyclic amines) is 1. The SMILES string of the molecule is Cc1cc(CN2CCCCC2)ccc1Br. The van der Waals surface area contributed by atoms with Gasteiger partial charge in [-0.05, 0) is 50.0 Å². The molecule has 1 aliphatic heterocycles. The molecule has 0 aromatic heterocycles. The summed E-state index contributed by atoms with van der Waals surface area (Å²) in [7, 11) is 0. The van der Waals surface area contributed by atoms with Crippen molar-refractivity contribution in [3.63, 3.8) is 0 Å². The lowest BCUT2D eigenvalue weighted by molar-refractivity contribution is 0.221. The molecule has 1 saturated heterocycles. The van der Waals surface area contributed by atoms with Crippen LogP contribution in [0.1, 0.15) is 30.4 Å². The van der Waals surface area contributed by atoms with Gasteiger partial charge < -0.3 is 0 Å². The molecule has 15 heavy (non-hydrogen) atoms. The lowest BCUT2D eigenvalue weighted by atomic mass is 10.1. The predicted octanol–water partition coefficient (Wildman–Crippen LogP) is 3.74. The van der Waals surface area contributed by atoms with E-state index in [0.717, 1.165) is 6.54 Å². The van der Waals surface area contributed by atoms with E-state index in [1.54, 1.807) is 0 Å². The first-order valence-electron chi connectivity index (χ1n) is 5.73. The van der Waals surface area contributed by atoms with E-state index in [2.05, 4.69) is 46.0 Å². The largest absolute Gasteiger partial charge is 0.299 e. The molecule has 1 fully saturated rings. The van der Waals surface area contributed by atoms with Crippen molar-refractivity contribution in [2.45, 2.75) is 32.7 Å². The van der Waals surface area contributed by atoms with Crippen LogP contribution in [0.4, 0.5) is 0 Å². The van der Waals surface area contributed by atoms with Gasteiger partial charge in [-0.2, -0.15) is 0 Å². The van der Waals surface area contributed by atoms with Gasteiger partial charge >= 0.3 is 0 Å². The Hall–Kier alpha value is -0.340. The Morgan fingerprint density at radius 2 is 1.93 bits per heavy atom. The molecule has 1 nitrogen and oxygen atoms in total. The fourth-order valence-corrected chi connectivity index (χ4v) is 2.43. The zero-order valence-electron chi connectivity index (χ0n) is 9.30. The maximum Gasteiger partial charge on any atom is 0.0233 e. The van der Waals surface area contributed by atoms with Crippen LogP contribution in [0.15, 0.2) is 22.7 Å². The Labute approximate surface area is 101 Å². The van der Waals surface area contributed by atoms with Crippen LogP contribution in [0.25, 0.3) is 0 Å². The Balaban J connectivity index is 2.00. The normalized spacial score (nSPS) is 18.0. The van der Waals surface area contributed by atoms with E-state index in [4.69, 9.17) is 0 Å². The second-order valence-electron chi connectivity index (χ2n) is 4.42. The summed E-state index contributed by atoms with van der Waals surface area (Å²) in [6, 6.07) is 6.68. The van der Waals surface area contributed by atoms with Crippen LogP contribution in [-0.4, -0.2) is 18.0 Å². The number of hydrogen-bond acceptors (Lipinski definition) is 1. The van der Waals surface area contributed by atoms with Crippen LogP contribution >= 0.6 is 15.9 Å². The molecule has 0 amide bonds. The average molecular weight is 268 g/mol. The van der Waals surface area contributed by atoms with E-state index < -0.39 is 0 Å². The highest BCUT2D eigenvalue weighted by molar-refractivity contribution is 9.10. The molecule has 0 radical (unpaired) electrons. The monoisotopic (exact) mass is 267 g/mol. The van der Waals surface area contributed by atoms with E-state index in [-0.39, 0.29) is 0 Å². The van der Waals surface area contributed by atoms with Gasteiger partial charge in [-0.15, -0.1) is 0 Å². The zero-order valence-corrected chi connectivity index (χ0v) is 10.9. The number of nitrogens with zero attached hydrogens (tertiary/aromatic N) is 1. The van der Waals surface area contributed by atoms with E-state index in [0.29, 0.717) is 0 Å². The van der Waals surface area contributed by atoms with Crippen molar-refractivity contribution in [2.24, 2.45) is 0 Å². The van der Waals surface area contributed by atoms with E-state index in [1.807, 2.05) is 0 Å². The van der Waals surface area contributed by atoms with Gasteiger partial charge in [-0.1, -0.05) is 34.5 Å². The minimum absolute atomic E-state index is 1.12. The molecule has 0 N–H and O–H groups in total. The van der Waals surface area contributed by atoms with Gasteiger partial charge in [0.05, 0.1) is 0 Å². The third kappa shape index (κ3) is 3.05. The minimum Gasteiger partial charge on any atom is -0.299 e. The minimum atomic E-state index is 1.12. The highest BCUT2D eigenvalue weighted by Gasteiger charge is 2.10. The molecule has 1 aromatic carbocycles. The van der Waals surface area contributed by atoms with E-state index in [1.165, 1.54) is 48.0 Å². The van der Waals surface area contributed by atoms with Gasteiger partial charge in [0.25, 0.3) is 0 Å². The molecule has 1 aromatic rings. The molecule has 0 spiro atoms. The van der Waals surface area contributed by atoms with Crippen molar-refractivity contribution in [1.82, 2.24) is 4.90 Å². The first-order valence-corrected chi connectivity index (χ1v) is 6.52. The first kappa shape index (κ1) is 11.2. The number of aryl methyl sites for hydroxylation is 1. The summed E-state index contributed by atoms with van der Waals surface area (Å²) in [6.07, 6.45) is 4.15. The van der Waals surface area contributed by atoms with Gasteiger partial charge in [0.1, 0.15) is 0 Å². The highest BCUT2D eigenvalue weighted by Crippen LogP contribution is 2.19. The van der Waals surface area contributed by atoms with Crippen molar-refractivity contribution in [3.8, 4) is 0 Å². The summed E-state index contributed by atoms with van der Waals surface area (Å²) < 4.78 is 1.21. The molecule has 1 heterocycles. The van der Waals surface area contributed by atoms with Crippen LogP contribution in [0.5, 0.6) is 0 Å². The van der Waals surface area contributed by atoms with Gasteiger partial charge in [0, 0.05) is 11.0 Å². The highest BCUT2D eigenvalue weighted by atomic mass is 79.9. The van der Waals surface area contributed by atoms with Crippen LogP contribution < -0.4 is 0 Å². The fraction of sp³-hybridized carbons (Fsp3) is 0.538. The summed E-state index contributed by atoms with van der Waals surface area (Å²) in [6.45, 7) is 5.82. The smallest absolute Gasteiger partial charge is 0.0233 e. The summed E-state index contributed by atoms with van der Waals surface area (Å²) in [5, 5.41) is 0. The predicted molar refractivity (Wildman–Crippen MR) is 68.0 cm³/mol. The summed E-state index contributed by atoms with van der Waals surface area (Å²) in [4.78, 5) is 2.56. The molecule has 2 heteroatoms. The number of hydrogen-bond donors (Lipinski definition) is 0. The van der Waals surface area contributed by atoms with Gasteiger partial charge in [-0.3, -0.25) is 4.90 Å². The zero-order chi connectivity index (χ0) is 10.7. The number of rotatable bonds is 2. The van der Waals surface area contributed by atoms with Crippen molar-refractivity contribution in [3.05, 3.63) is 33.8 Å². The van der Waals surface area contributed by atoms with Gasteiger partial charge in [-0.25, -0.2) is 0 Å². The Bertz CT molecular complexity index is 329. The third-order valence-electron chi connectivity index (χ3n) is 3.08. The maximum atomic E-state index is 3.54. The second kappa shape index (κ2) is 5.13. The first-order chi connectivity index (χ1) is 7.25.